The summed E-state index contributed by atoms with van der Waals surface area (Å²) < 4.78 is 38.6. The summed E-state index contributed by atoms with van der Waals surface area (Å²) in [5, 5.41) is 5.91. The molecular weight excluding hydrogens is 399 g/mol. The van der Waals surface area contributed by atoms with Gasteiger partial charge in [-0.1, -0.05) is 12.1 Å². The predicted octanol–water partition coefficient (Wildman–Crippen LogP) is 3.90. The van der Waals surface area contributed by atoms with E-state index in [1.54, 1.807) is 34.8 Å². The fourth-order valence-corrected chi connectivity index (χ4v) is 3.08. The molecule has 30 heavy (non-hydrogen) atoms. The Hall–Kier alpha value is -3.53. The van der Waals surface area contributed by atoms with Crippen molar-refractivity contribution in [3.8, 4) is 11.3 Å². The standard InChI is InChI=1S/C20H18F3N5O2/c1-27-7-6-17(30-27)14-5-8-28-16(11-24-18(28)10-14)13-3-2-4-15(9-13)26-19(29)25-12-20(21,22)23/h2-6,8-11H,7,12H2,1H3,(H2,25,26,29). The first kappa shape index (κ1) is 19.8. The van der Waals surface area contributed by atoms with Gasteiger partial charge in [-0.2, -0.15) is 13.2 Å². The van der Waals surface area contributed by atoms with Crippen LogP contribution >= 0.6 is 0 Å². The van der Waals surface area contributed by atoms with E-state index in [2.05, 4.69) is 10.3 Å². The number of hydrogen-bond acceptors (Lipinski definition) is 4. The number of carbonyl (C=O) groups is 1. The molecule has 0 radical (unpaired) electrons. The van der Waals surface area contributed by atoms with Crippen LogP contribution in [-0.4, -0.2) is 46.8 Å². The number of nitrogens with zero attached hydrogens (tertiary/aromatic N) is 3. The molecule has 3 heterocycles. The summed E-state index contributed by atoms with van der Waals surface area (Å²) in [7, 11) is 1.85. The molecule has 0 bridgehead atoms. The Labute approximate surface area is 169 Å². The van der Waals surface area contributed by atoms with Gasteiger partial charge in [-0.3, -0.25) is 4.40 Å². The lowest BCUT2D eigenvalue weighted by molar-refractivity contribution is -0.122. The molecule has 10 heteroatoms. The molecule has 0 atom stereocenters. The fourth-order valence-electron chi connectivity index (χ4n) is 3.08. The van der Waals surface area contributed by atoms with Gasteiger partial charge in [-0.15, -0.1) is 5.06 Å². The second-order valence-electron chi connectivity index (χ2n) is 6.76. The third-order valence-electron chi connectivity index (χ3n) is 4.45. The van der Waals surface area contributed by atoms with E-state index >= 15 is 0 Å². The average Bonchev–Trinajstić information content (AvgIpc) is 3.32. The molecule has 7 nitrogen and oxygen atoms in total. The highest BCUT2D eigenvalue weighted by molar-refractivity contribution is 5.90. The Kier molecular flexibility index (Phi) is 5.08. The zero-order valence-corrected chi connectivity index (χ0v) is 15.9. The largest absolute Gasteiger partial charge is 0.406 e. The predicted molar refractivity (Wildman–Crippen MR) is 105 cm³/mol. The fraction of sp³-hybridized carbons (Fsp3) is 0.200. The number of anilines is 1. The molecule has 0 spiro atoms. The van der Waals surface area contributed by atoms with Crippen molar-refractivity contribution in [2.45, 2.75) is 6.18 Å². The van der Waals surface area contributed by atoms with E-state index in [4.69, 9.17) is 4.84 Å². The Bertz CT molecular complexity index is 1120. The van der Waals surface area contributed by atoms with Gasteiger partial charge in [-0.05, 0) is 30.3 Å². The summed E-state index contributed by atoms with van der Waals surface area (Å²) >= 11 is 0. The molecule has 1 aliphatic rings. The Morgan fingerprint density at radius 3 is 2.80 bits per heavy atom. The Morgan fingerprint density at radius 1 is 1.23 bits per heavy atom. The molecule has 2 amide bonds. The number of likely N-dealkylation sites (N-methyl/N-ethyl adjacent to an activating group) is 1. The number of carbonyl (C=O) groups excluding carboxylic acids is 1. The molecule has 0 aliphatic carbocycles. The maximum absolute atomic E-state index is 12.2. The molecular formula is C20H18F3N5O2. The highest BCUT2D eigenvalue weighted by Crippen LogP contribution is 2.27. The van der Waals surface area contributed by atoms with Gasteiger partial charge < -0.3 is 15.5 Å². The first-order valence-electron chi connectivity index (χ1n) is 9.07. The molecule has 156 valence electrons. The normalized spacial score (nSPS) is 14.5. The number of pyridine rings is 1. The summed E-state index contributed by atoms with van der Waals surface area (Å²) in [6, 6.07) is 9.68. The smallest absolute Gasteiger partial charge is 0.405 e. The third-order valence-corrected chi connectivity index (χ3v) is 4.45. The topological polar surface area (TPSA) is 70.9 Å². The number of aromatic nitrogens is 2. The van der Waals surface area contributed by atoms with Crippen molar-refractivity contribution < 1.29 is 22.8 Å². The van der Waals surface area contributed by atoms with Crippen LogP contribution in [0, 0.1) is 0 Å². The van der Waals surface area contributed by atoms with Crippen LogP contribution in [0.15, 0.2) is 54.9 Å². The molecule has 0 fully saturated rings. The number of fused-ring (bicyclic) bond motifs is 1. The van der Waals surface area contributed by atoms with Crippen LogP contribution in [0.4, 0.5) is 23.7 Å². The zero-order valence-electron chi connectivity index (χ0n) is 15.9. The monoisotopic (exact) mass is 417 g/mol. The van der Waals surface area contributed by atoms with Crippen molar-refractivity contribution in [3.63, 3.8) is 0 Å². The molecule has 2 aromatic heterocycles. The maximum Gasteiger partial charge on any atom is 0.405 e. The summed E-state index contributed by atoms with van der Waals surface area (Å²) in [6.07, 6.45) is 1.07. The van der Waals surface area contributed by atoms with Crippen LogP contribution in [0.1, 0.15) is 5.56 Å². The highest BCUT2D eigenvalue weighted by atomic mass is 19.4. The molecule has 3 aromatic rings. The summed E-state index contributed by atoms with van der Waals surface area (Å²) in [4.78, 5) is 21.8. The number of urea groups is 1. The number of rotatable bonds is 4. The second kappa shape index (κ2) is 7.71. The minimum absolute atomic E-state index is 0.367. The zero-order chi connectivity index (χ0) is 21.3. The van der Waals surface area contributed by atoms with Gasteiger partial charge in [-0.25, -0.2) is 9.78 Å². The van der Waals surface area contributed by atoms with Crippen LogP contribution in [0.3, 0.4) is 0 Å². The van der Waals surface area contributed by atoms with E-state index in [-0.39, 0.29) is 0 Å². The van der Waals surface area contributed by atoms with Crippen LogP contribution in [0.5, 0.6) is 0 Å². The van der Waals surface area contributed by atoms with Crippen LogP contribution < -0.4 is 10.6 Å². The molecule has 0 unspecified atom stereocenters. The van der Waals surface area contributed by atoms with Crippen LogP contribution in [0.25, 0.3) is 22.7 Å². The van der Waals surface area contributed by atoms with Crippen molar-refractivity contribution in [1.82, 2.24) is 19.8 Å². The molecule has 1 aromatic carbocycles. The van der Waals surface area contributed by atoms with Gasteiger partial charge in [0.15, 0.2) is 5.76 Å². The molecule has 2 N–H and O–H groups in total. The van der Waals surface area contributed by atoms with Crippen molar-refractivity contribution in [2.75, 3.05) is 25.5 Å². The maximum atomic E-state index is 12.2. The average molecular weight is 417 g/mol. The van der Waals surface area contributed by atoms with Gasteiger partial charge in [0.05, 0.1) is 18.4 Å². The number of halogens is 3. The SMILES string of the molecule is CN1CC=C(c2ccn3c(-c4cccc(NC(=O)NCC(F)(F)F)c4)cnc3c2)O1. The van der Waals surface area contributed by atoms with Crippen molar-refractivity contribution in [2.24, 2.45) is 0 Å². The molecule has 4 rings (SSSR count). The van der Waals surface area contributed by atoms with E-state index in [0.29, 0.717) is 17.9 Å². The van der Waals surface area contributed by atoms with Crippen LogP contribution in [-0.2, 0) is 4.84 Å². The summed E-state index contributed by atoms with van der Waals surface area (Å²) in [6.45, 7) is -0.694. The van der Waals surface area contributed by atoms with Gasteiger partial charge in [0.25, 0.3) is 0 Å². The van der Waals surface area contributed by atoms with E-state index in [9.17, 15) is 18.0 Å². The first-order valence-corrected chi connectivity index (χ1v) is 9.07. The van der Waals surface area contributed by atoms with E-state index in [0.717, 1.165) is 22.6 Å². The summed E-state index contributed by atoms with van der Waals surface area (Å²) in [5.41, 5.74) is 3.50. The lowest BCUT2D eigenvalue weighted by Crippen LogP contribution is -2.36. The number of hydroxylamine groups is 2. The number of nitrogens with one attached hydrogen (secondary N) is 2. The van der Waals surface area contributed by atoms with E-state index in [1.165, 1.54) is 0 Å². The number of benzene rings is 1. The minimum Gasteiger partial charge on any atom is -0.406 e. The van der Waals surface area contributed by atoms with Gasteiger partial charge in [0.2, 0.25) is 0 Å². The van der Waals surface area contributed by atoms with Crippen LogP contribution in [0.2, 0.25) is 0 Å². The minimum atomic E-state index is -4.47. The number of alkyl halides is 3. The summed E-state index contributed by atoms with van der Waals surface area (Å²) in [5.74, 6) is 0.764. The van der Waals surface area contributed by atoms with E-state index in [1.807, 2.05) is 41.9 Å². The van der Waals surface area contributed by atoms with Gasteiger partial charge in [0.1, 0.15) is 12.2 Å². The highest BCUT2D eigenvalue weighted by Gasteiger charge is 2.27. The molecule has 0 saturated heterocycles. The number of amides is 2. The number of imidazole rings is 1. The van der Waals surface area contributed by atoms with Gasteiger partial charge in [0, 0.05) is 30.1 Å². The third kappa shape index (κ3) is 4.38. The molecule has 1 aliphatic heterocycles. The Balaban J connectivity index is 1.54. The molecule has 0 saturated carbocycles. The van der Waals surface area contributed by atoms with E-state index < -0.39 is 18.8 Å². The lowest BCUT2D eigenvalue weighted by atomic mass is 10.1. The Morgan fingerprint density at radius 2 is 2.07 bits per heavy atom. The quantitative estimate of drug-likeness (QED) is 0.676. The first-order chi connectivity index (χ1) is 14.3. The number of hydrogen-bond donors (Lipinski definition) is 2. The lowest BCUT2D eigenvalue weighted by Gasteiger charge is -2.11. The van der Waals surface area contributed by atoms with Crippen molar-refractivity contribution >= 4 is 23.1 Å². The second-order valence-corrected chi connectivity index (χ2v) is 6.76. The van der Waals surface area contributed by atoms with Crippen molar-refractivity contribution in [3.05, 3.63) is 60.4 Å². The van der Waals surface area contributed by atoms with Gasteiger partial charge >= 0.3 is 12.2 Å². The van der Waals surface area contributed by atoms with Crippen molar-refractivity contribution in [1.29, 1.82) is 0 Å².